The molecule has 1 aliphatic heterocycles. The van der Waals surface area contributed by atoms with Gasteiger partial charge in [0.05, 0.1) is 11.3 Å². The molecule has 1 aliphatic rings. The Balaban J connectivity index is 1.44. The third kappa shape index (κ3) is 3.95. The van der Waals surface area contributed by atoms with Crippen LogP contribution >= 0.6 is 11.3 Å². The molecule has 38 heavy (non-hydrogen) atoms. The Morgan fingerprint density at radius 3 is 2.39 bits per heavy atom. The summed E-state index contributed by atoms with van der Waals surface area (Å²) in [4.78, 5) is 57.8. The minimum Gasteiger partial charge on any atom is -0.325 e. The molecule has 3 heterocycles. The molecule has 186 valence electrons. The van der Waals surface area contributed by atoms with Crippen molar-refractivity contribution in [2.75, 3.05) is 16.8 Å². The number of amides is 2. The third-order valence-electron chi connectivity index (χ3n) is 5.99. The first kappa shape index (κ1) is 23.4. The molecule has 2 amide bonds. The van der Waals surface area contributed by atoms with Crippen molar-refractivity contribution in [1.82, 2.24) is 14.6 Å². The van der Waals surface area contributed by atoms with E-state index in [0.29, 0.717) is 22.5 Å². The smallest absolute Gasteiger partial charge is 0.300 e. The lowest BCUT2D eigenvalue weighted by molar-refractivity contribution is -0.118. The second-order valence-corrected chi connectivity index (χ2v) is 9.38. The van der Waals surface area contributed by atoms with Crippen LogP contribution in [0.5, 0.6) is 0 Å². The molecule has 5 aromatic rings. The summed E-state index contributed by atoms with van der Waals surface area (Å²) in [5, 5.41) is 6.88. The number of carbonyl (C=O) groups is 2. The van der Waals surface area contributed by atoms with Crippen molar-refractivity contribution in [2.45, 2.75) is 0 Å². The van der Waals surface area contributed by atoms with Gasteiger partial charge in [-0.2, -0.15) is 14.6 Å². The lowest BCUT2D eigenvalue weighted by atomic mass is 10.1. The molecule has 3 aromatic carbocycles. The van der Waals surface area contributed by atoms with E-state index in [4.69, 9.17) is 0 Å². The quantitative estimate of drug-likeness (QED) is 0.385. The highest BCUT2D eigenvalue weighted by Gasteiger charge is 2.35. The molecule has 0 saturated heterocycles. The normalized spacial score (nSPS) is 14.1. The summed E-state index contributed by atoms with van der Waals surface area (Å²) in [7, 11) is 0. The Bertz CT molecular complexity index is 1920. The number of aromatic nitrogens is 3. The highest BCUT2D eigenvalue weighted by Crippen LogP contribution is 2.35. The number of anilines is 2. The summed E-state index contributed by atoms with van der Waals surface area (Å²) in [6.07, 6.45) is 0. The minimum atomic E-state index is -0.592. The van der Waals surface area contributed by atoms with Gasteiger partial charge >= 0.3 is 5.56 Å². The van der Waals surface area contributed by atoms with Crippen LogP contribution in [-0.2, 0) is 9.59 Å². The highest BCUT2D eigenvalue weighted by molar-refractivity contribution is 7.15. The Morgan fingerprint density at radius 2 is 1.63 bits per heavy atom. The van der Waals surface area contributed by atoms with Crippen LogP contribution in [0.15, 0.2) is 88.5 Å². The van der Waals surface area contributed by atoms with E-state index in [2.05, 4.69) is 15.4 Å². The number of hydrogen-bond donors (Lipinski definition) is 1. The standard InChI is InChI=1S/C27H16FN5O4S/c28-16-10-12-17(13-11-16)29-20(34)14-32-19-9-5-4-8-18(19)21(25(32)36)23-26(37)33-27(38-23)30-24(35)22(31-33)15-6-2-1-3-7-15/h1-13H,14H2,(H,29,34). The van der Waals surface area contributed by atoms with E-state index in [0.717, 1.165) is 15.9 Å². The second kappa shape index (κ2) is 9.12. The molecular formula is C27H16FN5O4S. The Hall–Kier alpha value is -5.03. The maximum absolute atomic E-state index is 13.6. The van der Waals surface area contributed by atoms with Crippen molar-refractivity contribution in [3.05, 3.63) is 115 Å². The highest BCUT2D eigenvalue weighted by atomic mass is 32.1. The monoisotopic (exact) mass is 525 g/mol. The number of benzene rings is 3. The predicted octanol–water partition coefficient (Wildman–Crippen LogP) is 2.22. The number of fused-ring (bicyclic) bond motifs is 2. The summed E-state index contributed by atoms with van der Waals surface area (Å²) in [6.45, 7) is -0.331. The summed E-state index contributed by atoms with van der Waals surface area (Å²) in [6, 6.07) is 20.7. The van der Waals surface area contributed by atoms with Crippen molar-refractivity contribution in [3.63, 3.8) is 0 Å². The minimum absolute atomic E-state index is 0.0202. The fraction of sp³-hybridized carbons (Fsp3) is 0.0370. The Morgan fingerprint density at radius 1 is 0.921 bits per heavy atom. The SMILES string of the molecule is O=C(CN1C(=O)C(=c2sc3nc(=O)c(-c4ccccc4)nn3c2=O)c2ccccc21)Nc1ccc(F)cc1. The molecule has 0 unspecified atom stereocenters. The number of carbonyl (C=O) groups excluding carboxylic acids is 2. The zero-order valence-corrected chi connectivity index (χ0v) is 20.2. The van der Waals surface area contributed by atoms with Gasteiger partial charge in [0.15, 0.2) is 5.69 Å². The number of para-hydroxylation sites is 1. The van der Waals surface area contributed by atoms with Gasteiger partial charge in [-0.1, -0.05) is 59.9 Å². The molecule has 0 bridgehead atoms. The first-order valence-electron chi connectivity index (χ1n) is 11.4. The molecule has 0 saturated carbocycles. The van der Waals surface area contributed by atoms with Crippen LogP contribution in [0.3, 0.4) is 0 Å². The fourth-order valence-electron chi connectivity index (χ4n) is 4.27. The van der Waals surface area contributed by atoms with E-state index in [1.54, 1.807) is 54.6 Å². The summed E-state index contributed by atoms with van der Waals surface area (Å²) < 4.78 is 14.3. The zero-order valence-electron chi connectivity index (χ0n) is 19.4. The lowest BCUT2D eigenvalue weighted by Crippen LogP contribution is -2.37. The average molecular weight is 526 g/mol. The van der Waals surface area contributed by atoms with E-state index in [9.17, 15) is 23.6 Å². The van der Waals surface area contributed by atoms with Gasteiger partial charge < -0.3 is 5.32 Å². The average Bonchev–Trinajstić information content (AvgIpc) is 3.37. The summed E-state index contributed by atoms with van der Waals surface area (Å²) in [5.74, 6) is -1.49. The molecule has 0 spiro atoms. The maximum atomic E-state index is 13.6. The van der Waals surface area contributed by atoms with Crippen molar-refractivity contribution in [3.8, 4) is 11.3 Å². The second-order valence-electron chi connectivity index (χ2n) is 8.40. The van der Waals surface area contributed by atoms with Crippen LogP contribution < -0.4 is 25.9 Å². The van der Waals surface area contributed by atoms with Crippen LogP contribution in [0.1, 0.15) is 5.56 Å². The van der Waals surface area contributed by atoms with Gasteiger partial charge in [0, 0.05) is 16.8 Å². The number of thiazole rings is 1. The van der Waals surface area contributed by atoms with Crippen LogP contribution in [0.2, 0.25) is 0 Å². The third-order valence-corrected chi connectivity index (χ3v) is 7.02. The fourth-order valence-corrected chi connectivity index (χ4v) is 5.27. The molecule has 11 heteroatoms. The van der Waals surface area contributed by atoms with Gasteiger partial charge in [0.1, 0.15) is 16.9 Å². The lowest BCUT2D eigenvalue weighted by Gasteiger charge is -2.16. The predicted molar refractivity (Wildman–Crippen MR) is 140 cm³/mol. The van der Waals surface area contributed by atoms with Crippen LogP contribution in [0.25, 0.3) is 21.8 Å². The molecule has 1 N–H and O–H groups in total. The Kier molecular flexibility index (Phi) is 5.61. The Labute approximate surface area is 217 Å². The van der Waals surface area contributed by atoms with Crippen molar-refractivity contribution in [1.29, 1.82) is 0 Å². The molecule has 9 nitrogen and oxygen atoms in total. The number of halogens is 1. The van der Waals surface area contributed by atoms with Crippen molar-refractivity contribution < 1.29 is 14.0 Å². The molecule has 6 rings (SSSR count). The van der Waals surface area contributed by atoms with E-state index in [1.165, 1.54) is 29.2 Å². The van der Waals surface area contributed by atoms with Gasteiger partial charge in [-0.05, 0) is 30.3 Å². The summed E-state index contributed by atoms with van der Waals surface area (Å²) >= 11 is 0.888. The zero-order chi connectivity index (χ0) is 26.4. The van der Waals surface area contributed by atoms with Gasteiger partial charge in [-0.3, -0.25) is 24.1 Å². The maximum Gasteiger partial charge on any atom is 0.300 e. The van der Waals surface area contributed by atoms with E-state index in [1.807, 2.05) is 0 Å². The largest absolute Gasteiger partial charge is 0.325 e. The van der Waals surface area contributed by atoms with Gasteiger partial charge in [-0.25, -0.2) is 4.39 Å². The number of nitrogens with zero attached hydrogens (tertiary/aromatic N) is 4. The van der Waals surface area contributed by atoms with E-state index in [-0.39, 0.29) is 27.3 Å². The van der Waals surface area contributed by atoms with E-state index >= 15 is 0 Å². The molecule has 0 atom stereocenters. The molecule has 0 fully saturated rings. The van der Waals surface area contributed by atoms with Gasteiger partial charge in [0.25, 0.3) is 11.5 Å². The van der Waals surface area contributed by atoms with E-state index < -0.39 is 28.8 Å². The van der Waals surface area contributed by atoms with Crippen molar-refractivity contribution in [2.24, 2.45) is 0 Å². The summed E-state index contributed by atoms with van der Waals surface area (Å²) in [5.41, 5.74) is 0.763. The molecule has 2 aromatic heterocycles. The number of hydrogen-bond acceptors (Lipinski definition) is 7. The molecular weight excluding hydrogens is 509 g/mol. The first-order chi connectivity index (χ1) is 18.4. The topological polar surface area (TPSA) is 114 Å². The number of nitrogens with one attached hydrogen (secondary N) is 1. The molecule has 0 aliphatic carbocycles. The van der Waals surface area contributed by atoms with Gasteiger partial charge in [-0.15, -0.1) is 0 Å². The van der Waals surface area contributed by atoms with Crippen LogP contribution in [0.4, 0.5) is 15.8 Å². The molecule has 0 radical (unpaired) electrons. The van der Waals surface area contributed by atoms with Gasteiger partial charge in [0.2, 0.25) is 10.9 Å². The van der Waals surface area contributed by atoms with Crippen molar-refractivity contribution >= 4 is 45.1 Å². The van der Waals surface area contributed by atoms with Crippen LogP contribution in [-0.4, -0.2) is 33.0 Å². The first-order valence-corrected chi connectivity index (χ1v) is 12.2. The number of rotatable bonds is 4. The van der Waals surface area contributed by atoms with Crippen LogP contribution in [0, 0.1) is 5.82 Å².